The first-order chi connectivity index (χ1) is 9.79. The van der Waals surface area contributed by atoms with Crippen LogP contribution >= 0.6 is 0 Å². The Balaban J connectivity index is 1.51. The van der Waals surface area contributed by atoms with Crippen LogP contribution in [0.4, 0.5) is 0 Å². The molecule has 1 heteroatoms. The molecule has 2 aliphatic rings. The molecule has 0 amide bonds. The van der Waals surface area contributed by atoms with E-state index in [9.17, 15) is 5.11 Å². The van der Waals surface area contributed by atoms with Crippen LogP contribution in [0.3, 0.4) is 0 Å². The van der Waals surface area contributed by atoms with Gasteiger partial charge in [-0.05, 0) is 48.3 Å². The molecule has 1 N–H and O–H groups in total. The van der Waals surface area contributed by atoms with Gasteiger partial charge >= 0.3 is 0 Å². The van der Waals surface area contributed by atoms with E-state index in [4.69, 9.17) is 0 Å². The molecule has 1 saturated carbocycles. The Hall–Kier alpha value is -1.60. The molecule has 2 aliphatic carbocycles. The number of hydrogen-bond acceptors (Lipinski definition) is 1. The van der Waals surface area contributed by atoms with Crippen molar-refractivity contribution in [2.75, 3.05) is 0 Å². The largest absolute Gasteiger partial charge is 0.392 e. The summed E-state index contributed by atoms with van der Waals surface area (Å²) in [6, 6.07) is 19.2. The van der Waals surface area contributed by atoms with Gasteiger partial charge in [0.25, 0.3) is 0 Å². The van der Waals surface area contributed by atoms with E-state index in [2.05, 4.69) is 48.5 Å². The second kappa shape index (κ2) is 4.46. The maximum Gasteiger partial charge on any atom is 0.0642 e. The fraction of sp³-hybridized carbons (Fsp3) is 0.368. The first-order valence-electron chi connectivity index (χ1n) is 7.61. The standard InChI is InChI=1S/C19H20O/c20-18(13-15-12-14-6-4-5-9-17(14)15)19(10-11-19)16-7-2-1-3-8-16/h1-9,15,18,20H,10-13H2. The molecular weight excluding hydrogens is 244 g/mol. The monoisotopic (exact) mass is 264 g/mol. The van der Waals surface area contributed by atoms with Crippen molar-refractivity contribution < 1.29 is 5.11 Å². The van der Waals surface area contributed by atoms with Gasteiger partial charge < -0.3 is 5.11 Å². The van der Waals surface area contributed by atoms with Crippen molar-refractivity contribution in [3.05, 3.63) is 71.3 Å². The molecule has 0 aromatic heterocycles. The highest BCUT2D eigenvalue weighted by molar-refractivity contribution is 5.41. The molecule has 0 saturated heterocycles. The van der Waals surface area contributed by atoms with E-state index >= 15 is 0 Å². The van der Waals surface area contributed by atoms with Gasteiger partial charge in [-0.1, -0.05) is 54.6 Å². The summed E-state index contributed by atoms with van der Waals surface area (Å²) >= 11 is 0. The van der Waals surface area contributed by atoms with Gasteiger partial charge in [0, 0.05) is 5.41 Å². The molecule has 2 atom stereocenters. The van der Waals surface area contributed by atoms with Gasteiger partial charge in [-0.3, -0.25) is 0 Å². The summed E-state index contributed by atoms with van der Waals surface area (Å²) in [6.45, 7) is 0. The van der Waals surface area contributed by atoms with E-state index in [0.717, 1.165) is 25.7 Å². The lowest BCUT2D eigenvalue weighted by molar-refractivity contribution is 0.111. The minimum atomic E-state index is -0.205. The van der Waals surface area contributed by atoms with Crippen molar-refractivity contribution >= 4 is 0 Å². The fourth-order valence-corrected chi connectivity index (χ4v) is 3.79. The molecule has 2 aromatic rings. The van der Waals surface area contributed by atoms with Gasteiger partial charge in [-0.15, -0.1) is 0 Å². The number of benzene rings is 2. The Bertz CT molecular complexity index is 613. The van der Waals surface area contributed by atoms with Crippen molar-refractivity contribution in [2.45, 2.75) is 43.1 Å². The van der Waals surface area contributed by atoms with Crippen molar-refractivity contribution in [2.24, 2.45) is 0 Å². The summed E-state index contributed by atoms with van der Waals surface area (Å²) < 4.78 is 0. The maximum atomic E-state index is 10.8. The van der Waals surface area contributed by atoms with E-state index in [-0.39, 0.29) is 11.5 Å². The summed E-state index contributed by atoms with van der Waals surface area (Å²) in [5, 5.41) is 10.8. The van der Waals surface area contributed by atoms with Crippen LogP contribution in [0.2, 0.25) is 0 Å². The number of rotatable bonds is 4. The van der Waals surface area contributed by atoms with Gasteiger partial charge in [-0.25, -0.2) is 0 Å². The molecule has 0 aliphatic heterocycles. The van der Waals surface area contributed by atoms with Gasteiger partial charge in [0.2, 0.25) is 0 Å². The Morgan fingerprint density at radius 3 is 2.40 bits per heavy atom. The summed E-state index contributed by atoms with van der Waals surface area (Å²) in [7, 11) is 0. The number of fused-ring (bicyclic) bond motifs is 1. The first kappa shape index (κ1) is 12.2. The number of aliphatic hydroxyl groups excluding tert-OH is 1. The lowest BCUT2D eigenvalue weighted by Crippen LogP contribution is -2.31. The zero-order chi connectivity index (χ0) is 13.6. The molecule has 2 aromatic carbocycles. The average Bonchev–Trinajstić information content (AvgIpc) is 3.27. The molecule has 0 spiro atoms. The first-order valence-corrected chi connectivity index (χ1v) is 7.61. The van der Waals surface area contributed by atoms with Crippen LogP contribution in [0.15, 0.2) is 54.6 Å². The minimum absolute atomic E-state index is 0.0474. The highest BCUT2D eigenvalue weighted by Crippen LogP contribution is 2.53. The van der Waals surface area contributed by atoms with E-state index in [1.807, 2.05) is 6.07 Å². The summed E-state index contributed by atoms with van der Waals surface area (Å²) in [6.07, 6.45) is 4.10. The van der Waals surface area contributed by atoms with Crippen LogP contribution < -0.4 is 0 Å². The van der Waals surface area contributed by atoms with Crippen molar-refractivity contribution in [1.29, 1.82) is 0 Å². The molecule has 20 heavy (non-hydrogen) atoms. The third-order valence-corrected chi connectivity index (χ3v) is 5.24. The lowest BCUT2D eigenvalue weighted by Gasteiger charge is -2.34. The van der Waals surface area contributed by atoms with Crippen LogP contribution in [-0.4, -0.2) is 11.2 Å². The highest BCUT2D eigenvalue weighted by atomic mass is 16.3. The normalized spacial score (nSPS) is 23.6. The van der Waals surface area contributed by atoms with E-state index in [1.54, 1.807) is 0 Å². The Morgan fingerprint density at radius 2 is 1.70 bits per heavy atom. The van der Waals surface area contributed by atoms with E-state index < -0.39 is 0 Å². The summed E-state index contributed by atoms with van der Waals surface area (Å²) in [4.78, 5) is 0. The highest BCUT2D eigenvalue weighted by Gasteiger charge is 2.51. The van der Waals surface area contributed by atoms with Crippen LogP contribution in [0.5, 0.6) is 0 Å². The third kappa shape index (κ3) is 1.81. The smallest absolute Gasteiger partial charge is 0.0642 e. The minimum Gasteiger partial charge on any atom is -0.392 e. The number of aliphatic hydroxyl groups is 1. The van der Waals surface area contributed by atoms with Crippen molar-refractivity contribution in [1.82, 2.24) is 0 Å². The van der Waals surface area contributed by atoms with Crippen molar-refractivity contribution in [3.63, 3.8) is 0 Å². The predicted octanol–water partition coefficient (Wildman–Crippen LogP) is 3.81. The zero-order valence-electron chi connectivity index (χ0n) is 11.6. The Labute approximate surface area is 120 Å². The summed E-state index contributed by atoms with van der Waals surface area (Å²) in [5.41, 5.74) is 4.29. The predicted molar refractivity (Wildman–Crippen MR) is 80.9 cm³/mol. The van der Waals surface area contributed by atoms with Gasteiger partial charge in [0.05, 0.1) is 6.10 Å². The SMILES string of the molecule is OC(CC1Cc2ccccc21)C1(c2ccccc2)CC1. The van der Waals surface area contributed by atoms with Crippen LogP contribution in [0.1, 0.15) is 41.9 Å². The maximum absolute atomic E-state index is 10.8. The topological polar surface area (TPSA) is 20.2 Å². The van der Waals surface area contributed by atoms with Gasteiger partial charge in [-0.2, -0.15) is 0 Å². The second-order valence-corrected chi connectivity index (χ2v) is 6.37. The quantitative estimate of drug-likeness (QED) is 0.890. The lowest BCUT2D eigenvalue weighted by atomic mass is 9.72. The summed E-state index contributed by atoms with van der Waals surface area (Å²) in [5.74, 6) is 0.558. The molecule has 1 fully saturated rings. The van der Waals surface area contributed by atoms with Crippen LogP contribution in [0, 0.1) is 0 Å². The van der Waals surface area contributed by atoms with E-state index in [0.29, 0.717) is 5.92 Å². The fourth-order valence-electron chi connectivity index (χ4n) is 3.79. The van der Waals surface area contributed by atoms with Crippen molar-refractivity contribution in [3.8, 4) is 0 Å². The molecule has 2 unspecified atom stereocenters. The Morgan fingerprint density at radius 1 is 1.00 bits per heavy atom. The van der Waals surface area contributed by atoms with Gasteiger partial charge in [0.1, 0.15) is 0 Å². The molecule has 4 rings (SSSR count). The zero-order valence-corrected chi connectivity index (χ0v) is 11.6. The second-order valence-electron chi connectivity index (χ2n) is 6.37. The van der Waals surface area contributed by atoms with E-state index in [1.165, 1.54) is 16.7 Å². The molecule has 102 valence electrons. The van der Waals surface area contributed by atoms with Crippen LogP contribution in [-0.2, 0) is 11.8 Å². The molecule has 0 heterocycles. The molecule has 1 nitrogen and oxygen atoms in total. The van der Waals surface area contributed by atoms with Gasteiger partial charge in [0.15, 0.2) is 0 Å². The van der Waals surface area contributed by atoms with Crippen LogP contribution in [0.25, 0.3) is 0 Å². The number of hydrogen-bond donors (Lipinski definition) is 1. The Kier molecular flexibility index (Phi) is 2.71. The molecular formula is C19H20O. The third-order valence-electron chi connectivity index (χ3n) is 5.24. The average molecular weight is 264 g/mol. The molecule has 0 radical (unpaired) electrons. The molecule has 0 bridgehead atoms.